The molecule has 0 aliphatic heterocycles. The third kappa shape index (κ3) is 3.89. The van der Waals surface area contributed by atoms with E-state index in [2.05, 4.69) is 11.8 Å². The third-order valence-corrected chi connectivity index (χ3v) is 3.18. The van der Waals surface area contributed by atoms with Gasteiger partial charge in [0.1, 0.15) is 7.05 Å². The molecule has 3 heteroatoms. The number of Topliss-reactive ketones (excluding diaryl/α,β-unsaturated/α-hetero) is 1. The summed E-state index contributed by atoms with van der Waals surface area (Å²) in [5.74, 6) is 5.36. The molecule has 3 nitrogen and oxygen atoms in total. The molecule has 1 aliphatic rings. The van der Waals surface area contributed by atoms with E-state index in [0.29, 0.717) is 12.5 Å². The molecule has 1 atom stereocenters. The Morgan fingerprint density at radius 1 is 1.53 bits per heavy atom. The molecule has 0 spiro atoms. The highest BCUT2D eigenvalue weighted by Gasteiger charge is 2.37. The first-order valence-electron chi connectivity index (χ1n) is 6.34. The molecule has 1 fully saturated rings. The number of carbonyl (C=O) groups excluding carboxylic acids is 1. The first kappa shape index (κ1) is 13.8. The normalized spacial score (nSPS) is 17.8. The lowest BCUT2D eigenvalue weighted by Crippen LogP contribution is -2.32. The van der Waals surface area contributed by atoms with Gasteiger partial charge < -0.3 is 5.11 Å². The first-order chi connectivity index (χ1) is 8.11. The van der Waals surface area contributed by atoms with Gasteiger partial charge >= 0.3 is 5.90 Å². The maximum atomic E-state index is 12.1. The molecule has 0 amide bonds. The summed E-state index contributed by atoms with van der Waals surface area (Å²) < 4.78 is 1.71. The summed E-state index contributed by atoms with van der Waals surface area (Å²) in [7, 11) is 1.79. The SMILES string of the molecule is CC#CCC(CCC)C(=O)C(O)=[N+](C)C1CC1. The van der Waals surface area contributed by atoms with Crippen LogP contribution in [0.25, 0.3) is 0 Å². The second-order valence-electron chi connectivity index (χ2n) is 4.65. The summed E-state index contributed by atoms with van der Waals surface area (Å²) in [6, 6.07) is 0.360. The van der Waals surface area contributed by atoms with Gasteiger partial charge in [-0.05, 0) is 13.3 Å². The Bertz CT molecular complexity index is 369. The summed E-state index contributed by atoms with van der Waals surface area (Å²) in [6.07, 6.45) is 4.41. The van der Waals surface area contributed by atoms with Crippen LogP contribution in [0.4, 0.5) is 0 Å². The molecule has 0 aromatic rings. The monoisotopic (exact) mass is 236 g/mol. The van der Waals surface area contributed by atoms with E-state index in [1.165, 1.54) is 0 Å². The van der Waals surface area contributed by atoms with Crippen molar-refractivity contribution >= 4 is 11.7 Å². The van der Waals surface area contributed by atoms with Crippen molar-refractivity contribution < 1.29 is 14.5 Å². The standard InChI is InChI=1S/C14H21NO2/c1-4-6-8-11(7-5-2)13(16)14(17)15(3)12-9-10-12/h11-12H,5,7-10H2,1-3H3/p+1. The zero-order chi connectivity index (χ0) is 12.8. The Labute approximate surface area is 104 Å². The Morgan fingerprint density at radius 2 is 2.18 bits per heavy atom. The zero-order valence-corrected chi connectivity index (χ0v) is 11.0. The van der Waals surface area contributed by atoms with Crippen LogP contribution >= 0.6 is 0 Å². The lowest BCUT2D eigenvalue weighted by molar-refractivity contribution is -0.518. The number of ketones is 1. The van der Waals surface area contributed by atoms with Crippen LogP contribution < -0.4 is 0 Å². The predicted octanol–water partition coefficient (Wildman–Crippen LogP) is 2.15. The Balaban J connectivity index is 2.74. The quantitative estimate of drug-likeness (QED) is 0.332. The fraction of sp³-hybridized carbons (Fsp3) is 0.714. The van der Waals surface area contributed by atoms with Crippen molar-refractivity contribution in [2.24, 2.45) is 5.92 Å². The number of carbonyl (C=O) groups is 1. The fourth-order valence-corrected chi connectivity index (χ4v) is 1.89. The van der Waals surface area contributed by atoms with Crippen LogP contribution in [-0.2, 0) is 4.79 Å². The smallest absolute Gasteiger partial charge is 0.404 e. The molecule has 0 radical (unpaired) electrons. The van der Waals surface area contributed by atoms with Crippen LogP contribution in [0.1, 0.15) is 46.0 Å². The third-order valence-electron chi connectivity index (χ3n) is 3.18. The van der Waals surface area contributed by atoms with E-state index in [4.69, 9.17) is 0 Å². The number of aliphatic hydroxyl groups excluding tert-OH is 1. The molecular weight excluding hydrogens is 214 g/mol. The molecule has 1 unspecified atom stereocenters. The van der Waals surface area contributed by atoms with E-state index in [9.17, 15) is 9.90 Å². The lowest BCUT2D eigenvalue weighted by atomic mass is 9.95. The van der Waals surface area contributed by atoms with Gasteiger partial charge in [-0.15, -0.1) is 11.8 Å². The average molecular weight is 236 g/mol. The Hall–Kier alpha value is -1.30. The highest BCUT2D eigenvalue weighted by atomic mass is 16.3. The average Bonchev–Trinajstić information content (AvgIpc) is 3.15. The van der Waals surface area contributed by atoms with Crippen molar-refractivity contribution in [3.63, 3.8) is 0 Å². The van der Waals surface area contributed by atoms with Gasteiger partial charge in [0.25, 0.3) is 5.78 Å². The Morgan fingerprint density at radius 3 is 2.65 bits per heavy atom. The molecule has 17 heavy (non-hydrogen) atoms. The van der Waals surface area contributed by atoms with Crippen LogP contribution in [0.2, 0.25) is 0 Å². The van der Waals surface area contributed by atoms with Crippen LogP contribution in [0.5, 0.6) is 0 Å². The number of rotatable bonds is 6. The van der Waals surface area contributed by atoms with Gasteiger partial charge in [-0.1, -0.05) is 13.3 Å². The van der Waals surface area contributed by atoms with Crippen molar-refractivity contribution in [3.05, 3.63) is 0 Å². The van der Waals surface area contributed by atoms with E-state index in [0.717, 1.165) is 25.7 Å². The van der Waals surface area contributed by atoms with Gasteiger partial charge in [0.15, 0.2) is 6.04 Å². The van der Waals surface area contributed by atoms with Crippen LogP contribution in [-0.4, -0.2) is 34.5 Å². The molecule has 0 heterocycles. The molecule has 94 valence electrons. The second-order valence-corrected chi connectivity index (χ2v) is 4.65. The maximum absolute atomic E-state index is 12.1. The summed E-state index contributed by atoms with van der Waals surface area (Å²) in [6.45, 7) is 3.81. The molecule has 0 aromatic carbocycles. The van der Waals surface area contributed by atoms with Crippen LogP contribution in [0.15, 0.2) is 0 Å². The fourth-order valence-electron chi connectivity index (χ4n) is 1.89. The van der Waals surface area contributed by atoms with Crippen molar-refractivity contribution in [2.75, 3.05) is 7.05 Å². The van der Waals surface area contributed by atoms with Gasteiger partial charge in [-0.3, -0.25) is 4.79 Å². The molecule has 0 saturated heterocycles. The molecular formula is C14H22NO2+. The minimum Gasteiger partial charge on any atom is -0.458 e. The van der Waals surface area contributed by atoms with Gasteiger partial charge in [0, 0.05) is 25.2 Å². The van der Waals surface area contributed by atoms with Crippen molar-refractivity contribution in [3.8, 4) is 11.8 Å². The highest BCUT2D eigenvalue weighted by Crippen LogP contribution is 2.23. The summed E-state index contributed by atoms with van der Waals surface area (Å²) in [5, 5.41) is 9.94. The largest absolute Gasteiger partial charge is 0.458 e. The second kappa shape index (κ2) is 6.44. The van der Waals surface area contributed by atoms with Gasteiger partial charge in [0.05, 0.1) is 0 Å². The molecule has 0 bridgehead atoms. The maximum Gasteiger partial charge on any atom is 0.404 e. The first-order valence-corrected chi connectivity index (χ1v) is 6.34. The van der Waals surface area contributed by atoms with E-state index < -0.39 is 0 Å². The van der Waals surface area contributed by atoms with E-state index in [1.54, 1.807) is 18.5 Å². The van der Waals surface area contributed by atoms with Crippen LogP contribution in [0, 0.1) is 17.8 Å². The number of aliphatic hydroxyl groups is 1. The molecule has 1 N–H and O–H groups in total. The van der Waals surface area contributed by atoms with Gasteiger partial charge in [-0.25, -0.2) is 0 Å². The Kier molecular flexibility index (Phi) is 5.21. The van der Waals surface area contributed by atoms with E-state index in [1.807, 2.05) is 6.92 Å². The van der Waals surface area contributed by atoms with E-state index in [-0.39, 0.29) is 17.6 Å². The van der Waals surface area contributed by atoms with Crippen molar-refractivity contribution in [1.29, 1.82) is 0 Å². The number of nitrogens with zero attached hydrogens (tertiary/aromatic N) is 1. The lowest BCUT2D eigenvalue weighted by Gasteiger charge is -2.09. The van der Waals surface area contributed by atoms with E-state index >= 15 is 0 Å². The summed E-state index contributed by atoms with van der Waals surface area (Å²) >= 11 is 0. The van der Waals surface area contributed by atoms with Gasteiger partial charge in [0.2, 0.25) is 0 Å². The minimum absolute atomic E-state index is 0.0798. The molecule has 1 aliphatic carbocycles. The molecule has 0 aromatic heterocycles. The van der Waals surface area contributed by atoms with Crippen molar-refractivity contribution in [2.45, 2.75) is 52.0 Å². The number of hydrogen-bond acceptors (Lipinski definition) is 1. The van der Waals surface area contributed by atoms with Gasteiger partial charge in [-0.2, -0.15) is 4.58 Å². The molecule has 1 saturated carbocycles. The van der Waals surface area contributed by atoms with Crippen molar-refractivity contribution in [1.82, 2.24) is 0 Å². The summed E-state index contributed by atoms with van der Waals surface area (Å²) in [5.41, 5.74) is 0. The topological polar surface area (TPSA) is 40.3 Å². The van der Waals surface area contributed by atoms with Crippen LogP contribution in [0.3, 0.4) is 0 Å². The zero-order valence-electron chi connectivity index (χ0n) is 11.0. The number of hydrogen-bond donors (Lipinski definition) is 1. The predicted molar refractivity (Wildman–Crippen MR) is 68.3 cm³/mol. The minimum atomic E-state index is -0.159. The molecule has 1 rings (SSSR count). The highest BCUT2D eigenvalue weighted by molar-refractivity contribution is 6.34. The summed E-state index contributed by atoms with van der Waals surface area (Å²) in [4.78, 5) is 12.1.